The fourth-order valence-electron chi connectivity index (χ4n) is 1.83. The number of hydrogen-bond donors (Lipinski definition) is 1. The first-order chi connectivity index (χ1) is 8.88. The van der Waals surface area contributed by atoms with E-state index < -0.39 is 17.8 Å². The van der Waals surface area contributed by atoms with E-state index in [4.69, 9.17) is 9.84 Å². The van der Waals surface area contributed by atoms with Crippen LogP contribution in [0.4, 0.5) is 18.0 Å². The van der Waals surface area contributed by atoms with Crippen LogP contribution in [0.15, 0.2) is 24.3 Å². The Morgan fingerprint density at radius 2 is 2.00 bits per heavy atom. The quantitative estimate of drug-likeness (QED) is 0.922. The Kier molecular flexibility index (Phi) is 3.66. The molecule has 1 saturated heterocycles. The molecule has 1 amide bonds. The highest BCUT2D eigenvalue weighted by Gasteiger charge is 2.34. The van der Waals surface area contributed by atoms with Crippen molar-refractivity contribution < 1.29 is 27.8 Å². The summed E-state index contributed by atoms with van der Waals surface area (Å²) in [5.41, 5.74) is -0.659. The standard InChI is InChI=1S/C12H12F3NO3/c13-12(14,15)10-4-2-1-3-8(10)7-19-9-5-16(6-9)11(17)18/h1-4,9H,5-7H2,(H,17,18). The molecule has 1 heterocycles. The third kappa shape index (κ3) is 3.17. The zero-order chi connectivity index (χ0) is 14.0. The zero-order valence-electron chi connectivity index (χ0n) is 9.85. The topological polar surface area (TPSA) is 49.8 Å². The lowest BCUT2D eigenvalue weighted by molar-refractivity contribution is -0.139. The highest BCUT2D eigenvalue weighted by molar-refractivity contribution is 5.66. The van der Waals surface area contributed by atoms with E-state index in [2.05, 4.69) is 0 Å². The summed E-state index contributed by atoms with van der Waals surface area (Å²) in [5, 5.41) is 8.61. The van der Waals surface area contributed by atoms with Gasteiger partial charge in [-0.25, -0.2) is 4.79 Å². The van der Waals surface area contributed by atoms with E-state index in [0.29, 0.717) is 0 Å². The second-order valence-electron chi connectivity index (χ2n) is 4.28. The average molecular weight is 275 g/mol. The van der Waals surface area contributed by atoms with Gasteiger partial charge < -0.3 is 14.7 Å². The van der Waals surface area contributed by atoms with Crippen LogP contribution in [-0.2, 0) is 17.5 Å². The van der Waals surface area contributed by atoms with E-state index in [1.54, 1.807) is 0 Å². The molecule has 19 heavy (non-hydrogen) atoms. The summed E-state index contributed by atoms with van der Waals surface area (Å²) in [6, 6.07) is 5.19. The van der Waals surface area contributed by atoms with Crippen molar-refractivity contribution in [2.24, 2.45) is 0 Å². The third-order valence-electron chi connectivity index (χ3n) is 2.92. The molecular formula is C12H12F3NO3. The van der Waals surface area contributed by atoms with Crippen LogP contribution in [0.5, 0.6) is 0 Å². The molecule has 0 unspecified atom stereocenters. The second kappa shape index (κ2) is 5.08. The monoisotopic (exact) mass is 275 g/mol. The number of likely N-dealkylation sites (tertiary alicyclic amines) is 1. The zero-order valence-corrected chi connectivity index (χ0v) is 9.85. The van der Waals surface area contributed by atoms with E-state index in [-0.39, 0.29) is 31.4 Å². The van der Waals surface area contributed by atoms with Gasteiger partial charge in [-0.1, -0.05) is 18.2 Å². The number of rotatable bonds is 3. The second-order valence-corrected chi connectivity index (χ2v) is 4.28. The molecule has 1 fully saturated rings. The molecule has 4 nitrogen and oxygen atoms in total. The molecule has 0 aliphatic carbocycles. The molecule has 104 valence electrons. The summed E-state index contributed by atoms with van der Waals surface area (Å²) < 4.78 is 43.4. The molecule has 1 N–H and O–H groups in total. The number of carbonyl (C=O) groups is 1. The van der Waals surface area contributed by atoms with Crippen LogP contribution in [0.2, 0.25) is 0 Å². The van der Waals surface area contributed by atoms with Crippen LogP contribution in [0.25, 0.3) is 0 Å². The van der Waals surface area contributed by atoms with E-state index in [1.165, 1.54) is 18.2 Å². The first-order valence-electron chi connectivity index (χ1n) is 5.62. The van der Waals surface area contributed by atoms with Gasteiger partial charge in [0.15, 0.2) is 0 Å². The van der Waals surface area contributed by atoms with E-state index in [1.807, 2.05) is 0 Å². The van der Waals surface area contributed by atoms with Crippen molar-refractivity contribution in [2.45, 2.75) is 18.9 Å². The van der Waals surface area contributed by atoms with Gasteiger partial charge in [-0.3, -0.25) is 0 Å². The van der Waals surface area contributed by atoms with E-state index in [9.17, 15) is 18.0 Å². The lowest BCUT2D eigenvalue weighted by atomic mass is 10.1. The van der Waals surface area contributed by atoms with Crippen LogP contribution in [-0.4, -0.2) is 35.3 Å². The van der Waals surface area contributed by atoms with Crippen molar-refractivity contribution in [1.82, 2.24) is 4.90 Å². The van der Waals surface area contributed by atoms with Crippen molar-refractivity contribution in [2.75, 3.05) is 13.1 Å². The summed E-state index contributed by atoms with van der Waals surface area (Å²) in [7, 11) is 0. The molecule has 7 heteroatoms. The van der Waals surface area contributed by atoms with Gasteiger partial charge in [-0.05, 0) is 11.6 Å². The Hall–Kier alpha value is -1.76. The minimum Gasteiger partial charge on any atom is -0.465 e. The van der Waals surface area contributed by atoms with Gasteiger partial charge in [0, 0.05) is 0 Å². The highest BCUT2D eigenvalue weighted by Crippen LogP contribution is 2.32. The van der Waals surface area contributed by atoms with Crippen LogP contribution in [0.1, 0.15) is 11.1 Å². The Balaban J connectivity index is 1.93. The fourth-order valence-corrected chi connectivity index (χ4v) is 1.83. The number of nitrogens with zero attached hydrogens (tertiary/aromatic N) is 1. The van der Waals surface area contributed by atoms with Gasteiger partial charge in [0.05, 0.1) is 31.4 Å². The first-order valence-corrected chi connectivity index (χ1v) is 5.62. The molecule has 0 atom stereocenters. The molecule has 0 bridgehead atoms. The lowest BCUT2D eigenvalue weighted by Crippen LogP contribution is -2.54. The molecular weight excluding hydrogens is 263 g/mol. The van der Waals surface area contributed by atoms with Gasteiger partial charge >= 0.3 is 12.3 Å². The van der Waals surface area contributed by atoms with Crippen LogP contribution in [0.3, 0.4) is 0 Å². The summed E-state index contributed by atoms with van der Waals surface area (Å²) in [6.45, 7) is 0.223. The average Bonchev–Trinajstić information content (AvgIpc) is 2.25. The molecule has 1 aromatic carbocycles. The number of hydrogen-bond acceptors (Lipinski definition) is 2. The predicted octanol–water partition coefficient (Wildman–Crippen LogP) is 2.58. The Labute approximate surface area is 107 Å². The number of alkyl halides is 3. The fraction of sp³-hybridized carbons (Fsp3) is 0.417. The molecule has 0 saturated carbocycles. The van der Waals surface area contributed by atoms with Gasteiger partial charge in [-0.2, -0.15) is 13.2 Å². The number of halogens is 3. The summed E-state index contributed by atoms with van der Waals surface area (Å²) in [4.78, 5) is 11.6. The lowest BCUT2D eigenvalue weighted by Gasteiger charge is -2.36. The van der Waals surface area contributed by atoms with E-state index in [0.717, 1.165) is 11.0 Å². The largest absolute Gasteiger partial charge is 0.465 e. The van der Waals surface area contributed by atoms with Crippen molar-refractivity contribution in [3.63, 3.8) is 0 Å². The third-order valence-corrected chi connectivity index (χ3v) is 2.92. The molecule has 1 aromatic rings. The molecule has 2 rings (SSSR count). The molecule has 0 radical (unpaired) electrons. The van der Waals surface area contributed by atoms with Gasteiger partial charge in [0.2, 0.25) is 0 Å². The Morgan fingerprint density at radius 1 is 1.37 bits per heavy atom. The normalized spacial score (nSPS) is 16.3. The van der Waals surface area contributed by atoms with Gasteiger partial charge in [0.25, 0.3) is 0 Å². The molecule has 0 aromatic heterocycles. The molecule has 1 aliphatic rings. The Bertz CT molecular complexity index is 470. The molecule has 1 aliphatic heterocycles. The number of amides is 1. The minimum atomic E-state index is -4.41. The van der Waals surface area contributed by atoms with Gasteiger partial charge in [0.1, 0.15) is 0 Å². The Morgan fingerprint density at radius 3 is 2.58 bits per heavy atom. The summed E-state index contributed by atoms with van der Waals surface area (Å²) in [6.07, 6.45) is -5.79. The summed E-state index contributed by atoms with van der Waals surface area (Å²) in [5.74, 6) is 0. The first kappa shape index (κ1) is 13.7. The molecule has 0 spiro atoms. The maximum Gasteiger partial charge on any atom is 0.416 e. The number of ether oxygens (including phenoxy) is 1. The van der Waals surface area contributed by atoms with Crippen molar-refractivity contribution in [1.29, 1.82) is 0 Å². The maximum atomic E-state index is 12.7. The van der Waals surface area contributed by atoms with Crippen LogP contribution >= 0.6 is 0 Å². The predicted molar refractivity (Wildman–Crippen MR) is 59.6 cm³/mol. The smallest absolute Gasteiger partial charge is 0.416 e. The van der Waals surface area contributed by atoms with E-state index >= 15 is 0 Å². The van der Waals surface area contributed by atoms with Crippen LogP contribution in [0, 0.1) is 0 Å². The SMILES string of the molecule is O=C(O)N1CC(OCc2ccccc2C(F)(F)F)C1. The highest BCUT2D eigenvalue weighted by atomic mass is 19.4. The number of benzene rings is 1. The maximum absolute atomic E-state index is 12.7. The van der Waals surface area contributed by atoms with Crippen molar-refractivity contribution in [3.8, 4) is 0 Å². The minimum absolute atomic E-state index is 0.0591. The number of carboxylic acid groups (broad SMARTS) is 1. The summed E-state index contributed by atoms with van der Waals surface area (Å²) >= 11 is 0. The van der Waals surface area contributed by atoms with Crippen molar-refractivity contribution >= 4 is 6.09 Å². The van der Waals surface area contributed by atoms with Crippen LogP contribution < -0.4 is 0 Å². The van der Waals surface area contributed by atoms with Crippen molar-refractivity contribution in [3.05, 3.63) is 35.4 Å². The van der Waals surface area contributed by atoms with Gasteiger partial charge in [-0.15, -0.1) is 0 Å².